The van der Waals surface area contributed by atoms with E-state index in [2.05, 4.69) is 5.43 Å². The van der Waals surface area contributed by atoms with Crippen molar-refractivity contribution in [1.29, 1.82) is 0 Å². The summed E-state index contributed by atoms with van der Waals surface area (Å²) in [7, 11) is 0. The first-order chi connectivity index (χ1) is 9.93. The number of carbonyl (C=O) groups excluding carboxylic acids is 1. The first-order valence-corrected chi connectivity index (χ1v) is 7.00. The molecule has 1 aromatic carbocycles. The third-order valence-electron chi connectivity index (χ3n) is 3.41. The second-order valence-corrected chi connectivity index (χ2v) is 5.71. The van der Waals surface area contributed by atoms with E-state index in [0.717, 1.165) is 12.8 Å². The van der Waals surface area contributed by atoms with Crippen molar-refractivity contribution in [3.8, 4) is 0 Å². The zero-order valence-electron chi connectivity index (χ0n) is 12.2. The number of nitro benzene ring substituents is 1. The predicted octanol–water partition coefficient (Wildman–Crippen LogP) is 2.14. The first kappa shape index (κ1) is 15.2. The molecule has 2 rings (SSSR count). The molecule has 0 bridgehead atoms. The van der Waals surface area contributed by atoms with Crippen LogP contribution < -0.4 is 11.3 Å². The number of nitrogen functional groups attached to an aromatic ring is 1. The molecule has 1 aliphatic rings. The number of hydrogen-bond donors (Lipinski definition) is 2. The molecule has 0 heterocycles. The van der Waals surface area contributed by atoms with Crippen LogP contribution in [0.25, 0.3) is 0 Å². The lowest BCUT2D eigenvalue weighted by atomic mass is 10.1. The summed E-state index contributed by atoms with van der Waals surface area (Å²) in [6.45, 7) is 4.71. The lowest BCUT2D eigenvalue weighted by molar-refractivity contribution is -0.384. The minimum absolute atomic E-state index is 0.113. The highest BCUT2D eigenvalue weighted by Gasteiger charge is 2.34. The van der Waals surface area contributed by atoms with E-state index < -0.39 is 4.92 Å². The summed E-state index contributed by atoms with van der Waals surface area (Å²) in [5.41, 5.74) is 2.98. The van der Waals surface area contributed by atoms with E-state index in [-0.39, 0.29) is 23.2 Å². The van der Waals surface area contributed by atoms with Gasteiger partial charge in [-0.2, -0.15) is 0 Å². The highest BCUT2D eigenvalue weighted by atomic mass is 16.6. The number of carbonyl (C=O) groups is 1. The van der Waals surface area contributed by atoms with E-state index in [9.17, 15) is 14.9 Å². The molecule has 114 valence electrons. The second kappa shape index (κ2) is 6.09. The number of nitro groups is 1. The van der Waals surface area contributed by atoms with Crippen LogP contribution in [0.3, 0.4) is 0 Å². The van der Waals surface area contributed by atoms with Crippen molar-refractivity contribution in [3.05, 3.63) is 33.9 Å². The second-order valence-electron chi connectivity index (χ2n) is 5.71. The molecule has 1 saturated carbocycles. The molecular formula is C14H20N4O3. The molecule has 0 aromatic heterocycles. The average Bonchev–Trinajstić information content (AvgIpc) is 3.27. The van der Waals surface area contributed by atoms with Gasteiger partial charge in [0, 0.05) is 24.7 Å². The molecule has 21 heavy (non-hydrogen) atoms. The molecule has 7 heteroatoms. The van der Waals surface area contributed by atoms with Crippen molar-refractivity contribution in [1.82, 2.24) is 4.90 Å². The summed E-state index contributed by atoms with van der Waals surface area (Å²) in [6, 6.07) is 4.32. The van der Waals surface area contributed by atoms with Crippen LogP contribution in [0.5, 0.6) is 0 Å². The molecule has 0 atom stereocenters. The first-order valence-electron chi connectivity index (χ1n) is 7.00. The molecule has 0 spiro atoms. The number of rotatable bonds is 6. The van der Waals surface area contributed by atoms with Crippen molar-refractivity contribution >= 4 is 17.3 Å². The quantitative estimate of drug-likeness (QED) is 0.475. The SMILES string of the molecule is CC(C)CN(C(=O)c1cc([N+](=O)[O-])ccc1NN)C1CC1. The molecule has 1 amide bonds. The zero-order chi connectivity index (χ0) is 15.6. The summed E-state index contributed by atoms with van der Waals surface area (Å²) in [4.78, 5) is 24.9. The van der Waals surface area contributed by atoms with Gasteiger partial charge < -0.3 is 10.3 Å². The molecule has 0 aliphatic heterocycles. The molecule has 7 nitrogen and oxygen atoms in total. The molecule has 1 fully saturated rings. The van der Waals surface area contributed by atoms with Gasteiger partial charge in [-0.15, -0.1) is 0 Å². The minimum Gasteiger partial charge on any atom is -0.335 e. The summed E-state index contributed by atoms with van der Waals surface area (Å²) < 4.78 is 0. The zero-order valence-corrected chi connectivity index (χ0v) is 12.2. The van der Waals surface area contributed by atoms with Gasteiger partial charge in [0.05, 0.1) is 16.2 Å². The van der Waals surface area contributed by atoms with Gasteiger partial charge in [0.2, 0.25) is 0 Å². The fraction of sp³-hybridized carbons (Fsp3) is 0.500. The predicted molar refractivity (Wildman–Crippen MR) is 79.8 cm³/mol. The van der Waals surface area contributed by atoms with E-state index in [4.69, 9.17) is 5.84 Å². The normalized spacial score (nSPS) is 14.1. The van der Waals surface area contributed by atoms with E-state index >= 15 is 0 Å². The van der Waals surface area contributed by atoms with Crippen molar-refractivity contribution in [2.75, 3.05) is 12.0 Å². The van der Waals surface area contributed by atoms with Gasteiger partial charge in [0.25, 0.3) is 11.6 Å². The summed E-state index contributed by atoms with van der Waals surface area (Å²) in [6.07, 6.45) is 1.97. The standard InChI is InChI=1S/C14H20N4O3/c1-9(2)8-17(10-3-4-10)14(19)12-7-11(18(20)21)5-6-13(12)16-15/h5-7,9-10,16H,3-4,8,15H2,1-2H3. The van der Waals surface area contributed by atoms with Gasteiger partial charge in [-0.3, -0.25) is 20.8 Å². The summed E-state index contributed by atoms with van der Waals surface area (Å²) in [5, 5.41) is 10.9. The molecule has 0 saturated heterocycles. The van der Waals surface area contributed by atoms with Gasteiger partial charge in [-0.25, -0.2) is 0 Å². The number of nitrogens with one attached hydrogen (secondary N) is 1. The van der Waals surface area contributed by atoms with Crippen molar-refractivity contribution < 1.29 is 9.72 Å². The number of non-ortho nitro benzene ring substituents is 1. The number of benzene rings is 1. The van der Waals surface area contributed by atoms with Crippen LogP contribution in [-0.2, 0) is 0 Å². The van der Waals surface area contributed by atoms with Crippen LogP contribution in [0.15, 0.2) is 18.2 Å². The fourth-order valence-electron chi connectivity index (χ4n) is 2.28. The molecule has 1 aliphatic carbocycles. The summed E-state index contributed by atoms with van der Waals surface area (Å²) >= 11 is 0. The highest BCUT2D eigenvalue weighted by molar-refractivity contribution is 6.00. The summed E-state index contributed by atoms with van der Waals surface area (Å²) in [5.74, 6) is 5.55. The van der Waals surface area contributed by atoms with Crippen LogP contribution in [0.2, 0.25) is 0 Å². The number of amides is 1. The lowest BCUT2D eigenvalue weighted by Crippen LogP contribution is -2.36. The van der Waals surface area contributed by atoms with E-state index in [1.807, 2.05) is 13.8 Å². The largest absolute Gasteiger partial charge is 0.335 e. The number of nitrogens with zero attached hydrogens (tertiary/aromatic N) is 2. The average molecular weight is 292 g/mol. The van der Waals surface area contributed by atoms with E-state index in [0.29, 0.717) is 18.2 Å². The Hall–Kier alpha value is -2.15. The van der Waals surface area contributed by atoms with E-state index in [1.54, 1.807) is 4.90 Å². The molecule has 3 N–H and O–H groups in total. The van der Waals surface area contributed by atoms with Crippen LogP contribution >= 0.6 is 0 Å². The Labute approximate surface area is 123 Å². The molecule has 0 unspecified atom stereocenters. The molecular weight excluding hydrogens is 272 g/mol. The maximum atomic E-state index is 12.7. The number of anilines is 1. The lowest BCUT2D eigenvalue weighted by Gasteiger charge is -2.25. The third-order valence-corrected chi connectivity index (χ3v) is 3.41. The Kier molecular flexibility index (Phi) is 4.42. The van der Waals surface area contributed by atoms with Crippen LogP contribution in [0, 0.1) is 16.0 Å². The van der Waals surface area contributed by atoms with Crippen molar-refractivity contribution in [2.45, 2.75) is 32.7 Å². The van der Waals surface area contributed by atoms with Gasteiger partial charge in [-0.1, -0.05) is 13.8 Å². The number of hydrogen-bond acceptors (Lipinski definition) is 5. The number of nitrogens with two attached hydrogens (primary N) is 1. The van der Waals surface area contributed by atoms with Gasteiger partial charge in [-0.05, 0) is 24.8 Å². The van der Waals surface area contributed by atoms with E-state index in [1.165, 1.54) is 18.2 Å². The van der Waals surface area contributed by atoms with Crippen LogP contribution in [0.1, 0.15) is 37.0 Å². The highest BCUT2D eigenvalue weighted by Crippen LogP contribution is 2.31. The Bertz CT molecular complexity index is 555. The maximum absolute atomic E-state index is 12.7. The Morgan fingerprint density at radius 3 is 2.67 bits per heavy atom. The Balaban J connectivity index is 2.35. The topological polar surface area (TPSA) is 102 Å². The van der Waals surface area contributed by atoms with Gasteiger partial charge >= 0.3 is 0 Å². The minimum atomic E-state index is -0.513. The monoisotopic (exact) mass is 292 g/mol. The van der Waals surface area contributed by atoms with Crippen LogP contribution in [-0.4, -0.2) is 28.3 Å². The Morgan fingerprint density at radius 2 is 2.19 bits per heavy atom. The fourth-order valence-corrected chi connectivity index (χ4v) is 2.28. The maximum Gasteiger partial charge on any atom is 0.270 e. The molecule has 0 radical (unpaired) electrons. The Morgan fingerprint density at radius 1 is 1.52 bits per heavy atom. The third kappa shape index (κ3) is 3.49. The van der Waals surface area contributed by atoms with Gasteiger partial charge in [0.15, 0.2) is 0 Å². The number of hydrazine groups is 1. The smallest absolute Gasteiger partial charge is 0.270 e. The molecule has 1 aromatic rings. The van der Waals surface area contributed by atoms with Crippen molar-refractivity contribution in [3.63, 3.8) is 0 Å². The van der Waals surface area contributed by atoms with Crippen LogP contribution in [0.4, 0.5) is 11.4 Å². The van der Waals surface area contributed by atoms with Gasteiger partial charge in [0.1, 0.15) is 0 Å². The van der Waals surface area contributed by atoms with Crippen molar-refractivity contribution in [2.24, 2.45) is 11.8 Å².